The lowest BCUT2D eigenvalue weighted by Gasteiger charge is -2.24. The first-order valence-electron chi connectivity index (χ1n) is 8.00. The molecule has 1 amide bonds. The van der Waals surface area contributed by atoms with Crippen molar-refractivity contribution in [3.8, 4) is 0 Å². The summed E-state index contributed by atoms with van der Waals surface area (Å²) in [5.74, 6) is 3.96. The van der Waals surface area contributed by atoms with E-state index in [4.69, 9.17) is 4.42 Å². The van der Waals surface area contributed by atoms with Crippen molar-refractivity contribution in [2.45, 2.75) is 25.3 Å². The number of thioether (sulfide) groups is 1. The van der Waals surface area contributed by atoms with Gasteiger partial charge in [0.2, 0.25) is 5.91 Å². The van der Waals surface area contributed by atoms with E-state index < -0.39 is 0 Å². The van der Waals surface area contributed by atoms with Crippen LogP contribution in [0.2, 0.25) is 0 Å². The van der Waals surface area contributed by atoms with Crippen LogP contribution in [-0.2, 0) is 11.2 Å². The van der Waals surface area contributed by atoms with Crippen molar-refractivity contribution in [2.75, 3.05) is 38.7 Å². The van der Waals surface area contributed by atoms with E-state index in [0.717, 1.165) is 30.9 Å². The third-order valence-electron chi connectivity index (χ3n) is 3.62. The number of carbonyl (C=O) groups excluding carboxylic acids is 1. The zero-order valence-electron chi connectivity index (χ0n) is 14.3. The molecule has 1 fully saturated rings. The summed E-state index contributed by atoms with van der Waals surface area (Å²) in [6.07, 6.45) is 4.83. The molecule has 1 aromatic rings. The predicted molar refractivity (Wildman–Crippen MR) is 110 cm³/mol. The Labute approximate surface area is 165 Å². The molecule has 0 radical (unpaired) electrons. The first kappa shape index (κ1) is 21.1. The Balaban J connectivity index is 0.00000288. The molecule has 2 N–H and O–H groups in total. The topological polar surface area (TPSA) is 69.9 Å². The van der Waals surface area contributed by atoms with Crippen molar-refractivity contribution < 1.29 is 9.21 Å². The van der Waals surface area contributed by atoms with Crippen LogP contribution in [0.5, 0.6) is 0 Å². The summed E-state index contributed by atoms with van der Waals surface area (Å²) >= 11 is 1.96. The van der Waals surface area contributed by atoms with Gasteiger partial charge in [-0.1, -0.05) is 0 Å². The molecular weight excluding hydrogens is 439 g/mol. The lowest BCUT2D eigenvalue weighted by Crippen LogP contribution is -2.46. The Morgan fingerprint density at radius 1 is 1.50 bits per heavy atom. The number of amides is 1. The number of hydrogen-bond donors (Lipinski definition) is 2. The van der Waals surface area contributed by atoms with Gasteiger partial charge >= 0.3 is 0 Å². The number of furan rings is 1. The highest BCUT2D eigenvalue weighted by atomic mass is 127. The number of guanidine groups is 1. The number of hydrogen-bond acceptors (Lipinski definition) is 4. The second kappa shape index (κ2) is 11.6. The second-order valence-electron chi connectivity index (χ2n) is 5.77. The van der Waals surface area contributed by atoms with Gasteiger partial charge in [-0.15, -0.1) is 24.0 Å². The van der Waals surface area contributed by atoms with Gasteiger partial charge in [-0.05, 0) is 30.7 Å². The number of carbonyl (C=O) groups is 1. The van der Waals surface area contributed by atoms with Crippen molar-refractivity contribution in [3.05, 3.63) is 24.2 Å². The van der Waals surface area contributed by atoms with Crippen LogP contribution in [-0.4, -0.2) is 61.5 Å². The molecule has 1 unspecified atom stereocenters. The van der Waals surface area contributed by atoms with Gasteiger partial charge in [0.25, 0.3) is 0 Å². The van der Waals surface area contributed by atoms with E-state index in [9.17, 15) is 4.79 Å². The summed E-state index contributed by atoms with van der Waals surface area (Å²) < 4.78 is 5.33. The van der Waals surface area contributed by atoms with Crippen LogP contribution >= 0.6 is 35.7 Å². The number of aliphatic imine (C=N–C) groups is 1. The van der Waals surface area contributed by atoms with E-state index >= 15 is 0 Å². The lowest BCUT2D eigenvalue weighted by molar-refractivity contribution is -0.127. The SMILES string of the molecule is CN(C)C(=O)CN=C(NCCc1ccco1)NC1CCCSC1.I. The standard InChI is InChI=1S/C16H26N4O2S.HI/c1-20(2)15(21)11-18-16(19-13-5-4-10-23-12-13)17-8-7-14-6-3-9-22-14;/h3,6,9,13H,4-5,7-8,10-12H2,1-2H3,(H2,17,18,19);1H. The summed E-state index contributed by atoms with van der Waals surface area (Å²) in [7, 11) is 3.49. The molecular formula is C16H27IN4O2S. The minimum Gasteiger partial charge on any atom is -0.469 e. The molecule has 136 valence electrons. The van der Waals surface area contributed by atoms with Crippen LogP contribution in [0.15, 0.2) is 27.8 Å². The highest BCUT2D eigenvalue weighted by molar-refractivity contribution is 14.0. The third kappa shape index (κ3) is 7.78. The van der Waals surface area contributed by atoms with E-state index in [1.165, 1.54) is 12.2 Å². The van der Waals surface area contributed by atoms with Crippen molar-refractivity contribution in [2.24, 2.45) is 4.99 Å². The maximum absolute atomic E-state index is 11.7. The average molecular weight is 466 g/mol. The van der Waals surface area contributed by atoms with E-state index in [0.29, 0.717) is 12.0 Å². The van der Waals surface area contributed by atoms with Gasteiger partial charge in [0.15, 0.2) is 5.96 Å². The second-order valence-corrected chi connectivity index (χ2v) is 6.92. The van der Waals surface area contributed by atoms with E-state index in [1.807, 2.05) is 23.9 Å². The number of halogens is 1. The summed E-state index contributed by atoms with van der Waals surface area (Å²) in [6, 6.07) is 4.26. The quantitative estimate of drug-likeness (QED) is 0.381. The van der Waals surface area contributed by atoms with E-state index in [1.54, 1.807) is 25.3 Å². The molecule has 0 aliphatic carbocycles. The highest BCUT2D eigenvalue weighted by Gasteiger charge is 2.15. The van der Waals surface area contributed by atoms with Crippen LogP contribution in [0.1, 0.15) is 18.6 Å². The Morgan fingerprint density at radius 3 is 2.96 bits per heavy atom. The molecule has 6 nitrogen and oxygen atoms in total. The smallest absolute Gasteiger partial charge is 0.243 e. The van der Waals surface area contributed by atoms with Crippen LogP contribution < -0.4 is 10.6 Å². The number of likely N-dealkylation sites (N-methyl/N-ethyl adjacent to an activating group) is 1. The van der Waals surface area contributed by atoms with Gasteiger partial charge in [-0.3, -0.25) is 4.79 Å². The van der Waals surface area contributed by atoms with Gasteiger partial charge in [0.05, 0.1) is 6.26 Å². The van der Waals surface area contributed by atoms with Crippen molar-refractivity contribution >= 4 is 47.6 Å². The van der Waals surface area contributed by atoms with Gasteiger partial charge < -0.3 is 20.0 Å². The molecule has 0 spiro atoms. The largest absolute Gasteiger partial charge is 0.469 e. The Morgan fingerprint density at radius 2 is 2.33 bits per heavy atom. The summed E-state index contributed by atoms with van der Waals surface area (Å²) in [6.45, 7) is 0.873. The molecule has 24 heavy (non-hydrogen) atoms. The van der Waals surface area contributed by atoms with Crippen LogP contribution in [0.4, 0.5) is 0 Å². The zero-order chi connectivity index (χ0) is 16.5. The van der Waals surface area contributed by atoms with Crippen molar-refractivity contribution in [1.82, 2.24) is 15.5 Å². The molecule has 0 aromatic carbocycles. The predicted octanol–water partition coefficient (Wildman–Crippen LogP) is 1.96. The monoisotopic (exact) mass is 466 g/mol. The van der Waals surface area contributed by atoms with Gasteiger partial charge in [-0.2, -0.15) is 11.8 Å². The first-order valence-corrected chi connectivity index (χ1v) is 9.16. The van der Waals surface area contributed by atoms with Crippen molar-refractivity contribution in [1.29, 1.82) is 0 Å². The third-order valence-corrected chi connectivity index (χ3v) is 4.83. The fourth-order valence-corrected chi connectivity index (χ4v) is 3.32. The molecule has 0 saturated carbocycles. The molecule has 1 saturated heterocycles. The van der Waals surface area contributed by atoms with Crippen molar-refractivity contribution in [3.63, 3.8) is 0 Å². The highest BCUT2D eigenvalue weighted by Crippen LogP contribution is 2.16. The first-order chi connectivity index (χ1) is 11.1. The van der Waals surface area contributed by atoms with Crippen LogP contribution in [0.25, 0.3) is 0 Å². The number of rotatable bonds is 6. The minimum atomic E-state index is -0.00449. The van der Waals surface area contributed by atoms with E-state index in [-0.39, 0.29) is 36.4 Å². The molecule has 2 heterocycles. The van der Waals surface area contributed by atoms with Crippen LogP contribution in [0, 0.1) is 0 Å². The molecule has 1 atom stereocenters. The minimum absolute atomic E-state index is 0. The Kier molecular flexibility index (Phi) is 10.2. The number of nitrogens with one attached hydrogen (secondary N) is 2. The number of nitrogens with zero attached hydrogens (tertiary/aromatic N) is 2. The van der Waals surface area contributed by atoms with Gasteiger partial charge in [0, 0.05) is 38.9 Å². The van der Waals surface area contributed by atoms with Crippen LogP contribution in [0.3, 0.4) is 0 Å². The molecule has 0 bridgehead atoms. The Hall–Kier alpha value is -0.900. The molecule has 8 heteroatoms. The average Bonchev–Trinajstić information content (AvgIpc) is 3.06. The molecule has 1 aromatic heterocycles. The molecule has 2 rings (SSSR count). The molecule has 1 aliphatic rings. The maximum atomic E-state index is 11.7. The van der Waals surface area contributed by atoms with Gasteiger partial charge in [-0.25, -0.2) is 4.99 Å². The summed E-state index contributed by atoms with van der Waals surface area (Å²) in [4.78, 5) is 17.7. The maximum Gasteiger partial charge on any atom is 0.243 e. The van der Waals surface area contributed by atoms with E-state index in [2.05, 4.69) is 15.6 Å². The lowest BCUT2D eigenvalue weighted by atomic mass is 10.2. The van der Waals surface area contributed by atoms with Gasteiger partial charge in [0.1, 0.15) is 12.3 Å². The fourth-order valence-electron chi connectivity index (χ4n) is 2.25. The molecule has 1 aliphatic heterocycles. The Bertz CT molecular complexity index is 502. The zero-order valence-corrected chi connectivity index (χ0v) is 17.4. The summed E-state index contributed by atoms with van der Waals surface area (Å²) in [5.41, 5.74) is 0. The normalized spacial score (nSPS) is 17.8. The summed E-state index contributed by atoms with van der Waals surface area (Å²) in [5, 5.41) is 6.75. The fraction of sp³-hybridized carbons (Fsp3) is 0.625.